The van der Waals surface area contributed by atoms with Crippen LogP contribution >= 0.6 is 0 Å². The Morgan fingerprint density at radius 2 is 1.67 bits per heavy atom. The molecule has 1 aliphatic rings. The van der Waals surface area contributed by atoms with E-state index < -0.39 is 23.8 Å². The molecule has 2 atom stereocenters. The van der Waals surface area contributed by atoms with Gasteiger partial charge in [-0.1, -0.05) is 67.6 Å². The maximum Gasteiger partial charge on any atom is 0.408 e. The molecule has 2 aromatic rings. The van der Waals surface area contributed by atoms with Crippen molar-refractivity contribution in [2.75, 3.05) is 6.54 Å². The number of alkyl carbamates (subject to hydrolysis) is 1. The van der Waals surface area contributed by atoms with Crippen molar-refractivity contribution in [1.82, 2.24) is 15.5 Å². The van der Waals surface area contributed by atoms with Crippen LogP contribution in [0.1, 0.15) is 82.5 Å². The molecule has 0 aromatic heterocycles. The molecule has 3 rings (SSSR count). The number of terminal acetylenes is 1. The summed E-state index contributed by atoms with van der Waals surface area (Å²) >= 11 is 0. The smallest absolute Gasteiger partial charge is 0.408 e. The summed E-state index contributed by atoms with van der Waals surface area (Å²) < 4.78 is 5.47. The molecule has 2 N–H and O–H groups in total. The molecule has 7 heteroatoms. The Morgan fingerprint density at radius 1 is 1.03 bits per heavy atom. The Morgan fingerprint density at radius 3 is 2.23 bits per heavy atom. The zero-order chi connectivity index (χ0) is 28.4. The van der Waals surface area contributed by atoms with E-state index in [0.717, 1.165) is 31.2 Å². The van der Waals surface area contributed by atoms with Gasteiger partial charge in [-0.05, 0) is 63.8 Å². The Kier molecular flexibility index (Phi) is 10.6. The van der Waals surface area contributed by atoms with Crippen LogP contribution in [0.3, 0.4) is 0 Å². The number of hydrogen-bond acceptors (Lipinski definition) is 4. The molecule has 208 valence electrons. The molecule has 1 saturated carbocycles. The van der Waals surface area contributed by atoms with Crippen LogP contribution in [0.15, 0.2) is 54.6 Å². The lowest BCUT2D eigenvalue weighted by Crippen LogP contribution is -2.54. The van der Waals surface area contributed by atoms with Gasteiger partial charge in [0.2, 0.25) is 11.8 Å². The second kappa shape index (κ2) is 13.8. The van der Waals surface area contributed by atoms with Gasteiger partial charge in [-0.15, -0.1) is 6.42 Å². The maximum absolute atomic E-state index is 14.2. The van der Waals surface area contributed by atoms with Crippen molar-refractivity contribution in [3.8, 4) is 12.3 Å². The SMILES string of the molecule is C#Cc1ccc(C(C(=O)NC2CCCCC2)N(CC)C(=O)C(Cc2ccccc2)NC(=O)OC(C)(C)C)cc1. The molecule has 2 unspecified atom stereocenters. The third kappa shape index (κ3) is 8.88. The molecule has 7 nitrogen and oxygen atoms in total. The number of carbonyl (C=O) groups is 3. The van der Waals surface area contributed by atoms with E-state index in [2.05, 4.69) is 16.6 Å². The van der Waals surface area contributed by atoms with Gasteiger partial charge in [0.05, 0.1) is 0 Å². The number of likely N-dealkylation sites (N-methyl/N-ethyl adjacent to an activating group) is 1. The summed E-state index contributed by atoms with van der Waals surface area (Å²) in [7, 11) is 0. The van der Waals surface area contributed by atoms with E-state index in [1.54, 1.807) is 45.0 Å². The molecule has 0 bridgehead atoms. The summed E-state index contributed by atoms with van der Waals surface area (Å²) in [4.78, 5) is 42.3. The van der Waals surface area contributed by atoms with Gasteiger partial charge >= 0.3 is 6.09 Å². The number of hydrogen-bond donors (Lipinski definition) is 2. The van der Waals surface area contributed by atoms with Crippen LogP contribution in [-0.4, -0.2) is 47.0 Å². The van der Waals surface area contributed by atoms with Crippen molar-refractivity contribution in [2.45, 2.75) is 89.9 Å². The third-order valence-electron chi connectivity index (χ3n) is 6.80. The quantitative estimate of drug-likeness (QED) is 0.439. The first-order valence-electron chi connectivity index (χ1n) is 13.8. The molecule has 0 radical (unpaired) electrons. The van der Waals surface area contributed by atoms with Crippen LogP contribution in [0.4, 0.5) is 4.79 Å². The molecule has 0 aliphatic heterocycles. The van der Waals surface area contributed by atoms with Gasteiger partial charge in [0.15, 0.2) is 0 Å². The van der Waals surface area contributed by atoms with Gasteiger partial charge < -0.3 is 20.3 Å². The molecular formula is C32H41N3O4. The van der Waals surface area contributed by atoms with Crippen LogP contribution in [-0.2, 0) is 20.7 Å². The highest BCUT2D eigenvalue weighted by atomic mass is 16.6. The molecule has 0 heterocycles. The van der Waals surface area contributed by atoms with Gasteiger partial charge in [0, 0.05) is 24.6 Å². The summed E-state index contributed by atoms with van der Waals surface area (Å²) in [6, 6.07) is 14.9. The summed E-state index contributed by atoms with van der Waals surface area (Å²) in [6.45, 7) is 7.40. The molecule has 1 fully saturated rings. The average Bonchev–Trinajstić information content (AvgIpc) is 2.91. The van der Waals surface area contributed by atoms with Crippen LogP contribution < -0.4 is 10.6 Å². The van der Waals surface area contributed by atoms with Gasteiger partial charge in [0.1, 0.15) is 17.7 Å². The van der Waals surface area contributed by atoms with E-state index in [9.17, 15) is 14.4 Å². The number of nitrogens with zero attached hydrogens (tertiary/aromatic N) is 1. The van der Waals surface area contributed by atoms with E-state index in [-0.39, 0.29) is 30.8 Å². The first-order chi connectivity index (χ1) is 18.6. The minimum atomic E-state index is -0.933. The Bertz CT molecular complexity index is 1140. The van der Waals surface area contributed by atoms with Gasteiger partial charge in [0.25, 0.3) is 0 Å². The minimum Gasteiger partial charge on any atom is -0.444 e. The second-order valence-corrected chi connectivity index (χ2v) is 11.0. The Hall–Kier alpha value is -3.79. The second-order valence-electron chi connectivity index (χ2n) is 11.0. The molecule has 39 heavy (non-hydrogen) atoms. The number of nitrogens with one attached hydrogen (secondary N) is 2. The average molecular weight is 532 g/mol. The highest BCUT2D eigenvalue weighted by Gasteiger charge is 2.36. The summed E-state index contributed by atoms with van der Waals surface area (Å²) in [5.74, 6) is 2.00. The molecule has 2 aromatic carbocycles. The van der Waals surface area contributed by atoms with E-state index in [1.807, 2.05) is 37.3 Å². The predicted molar refractivity (Wildman–Crippen MR) is 153 cm³/mol. The monoisotopic (exact) mass is 531 g/mol. The van der Waals surface area contributed by atoms with Gasteiger partial charge in [-0.2, -0.15) is 0 Å². The van der Waals surface area contributed by atoms with Crippen LogP contribution in [0.5, 0.6) is 0 Å². The first-order valence-corrected chi connectivity index (χ1v) is 13.8. The molecule has 0 spiro atoms. The molecule has 3 amide bonds. The van der Waals surface area contributed by atoms with Crippen molar-refractivity contribution in [2.24, 2.45) is 0 Å². The largest absolute Gasteiger partial charge is 0.444 e. The molecular weight excluding hydrogens is 490 g/mol. The van der Waals surface area contributed by atoms with E-state index in [1.165, 1.54) is 11.3 Å². The highest BCUT2D eigenvalue weighted by Crippen LogP contribution is 2.25. The summed E-state index contributed by atoms with van der Waals surface area (Å²) in [5, 5.41) is 5.96. The fourth-order valence-electron chi connectivity index (χ4n) is 4.93. The Balaban J connectivity index is 1.95. The number of amides is 3. The lowest BCUT2D eigenvalue weighted by Gasteiger charge is -2.35. The maximum atomic E-state index is 14.2. The van der Waals surface area contributed by atoms with Crippen molar-refractivity contribution < 1.29 is 19.1 Å². The topological polar surface area (TPSA) is 87.7 Å². The highest BCUT2D eigenvalue weighted by molar-refractivity contribution is 5.92. The van der Waals surface area contributed by atoms with Gasteiger partial charge in [-0.3, -0.25) is 9.59 Å². The van der Waals surface area contributed by atoms with E-state index in [0.29, 0.717) is 11.1 Å². The van der Waals surface area contributed by atoms with Crippen LogP contribution in [0, 0.1) is 12.3 Å². The number of rotatable bonds is 9. The summed E-state index contributed by atoms with van der Waals surface area (Å²) in [5.41, 5.74) is 1.50. The standard InChI is InChI=1S/C32H41N3O4/c1-6-23-18-20-25(21-19-23)28(29(36)33-26-16-12-9-13-17-26)35(7-2)30(37)27(22-24-14-10-8-11-15-24)34-31(38)39-32(3,4)5/h1,8,10-11,14-15,18-21,26-28H,7,9,12-13,16-17,22H2,2-5H3,(H,33,36)(H,34,38). The van der Waals surface area contributed by atoms with E-state index >= 15 is 0 Å². The number of ether oxygens (including phenoxy) is 1. The fraction of sp³-hybridized carbons (Fsp3) is 0.469. The minimum absolute atomic E-state index is 0.0764. The number of benzene rings is 2. The van der Waals surface area contributed by atoms with Crippen molar-refractivity contribution >= 4 is 17.9 Å². The zero-order valence-electron chi connectivity index (χ0n) is 23.5. The lowest BCUT2D eigenvalue weighted by atomic mass is 9.94. The predicted octanol–water partition coefficient (Wildman–Crippen LogP) is 5.14. The number of carbonyl (C=O) groups excluding carboxylic acids is 3. The Labute approximate surface area is 232 Å². The summed E-state index contributed by atoms with van der Waals surface area (Å²) in [6.07, 6.45) is 10.3. The third-order valence-corrected chi connectivity index (χ3v) is 6.80. The first kappa shape index (κ1) is 29.8. The van der Waals surface area contributed by atoms with Crippen molar-refractivity contribution in [1.29, 1.82) is 0 Å². The van der Waals surface area contributed by atoms with Crippen LogP contribution in [0.2, 0.25) is 0 Å². The molecule has 1 aliphatic carbocycles. The lowest BCUT2D eigenvalue weighted by molar-refractivity contribution is -0.142. The fourth-order valence-corrected chi connectivity index (χ4v) is 4.93. The van der Waals surface area contributed by atoms with Gasteiger partial charge in [-0.25, -0.2) is 4.79 Å². The molecule has 0 saturated heterocycles. The normalized spacial score (nSPS) is 15.4. The van der Waals surface area contributed by atoms with E-state index in [4.69, 9.17) is 11.2 Å². The zero-order valence-corrected chi connectivity index (χ0v) is 23.5. The van der Waals surface area contributed by atoms with Crippen molar-refractivity contribution in [3.05, 3.63) is 71.3 Å². The van der Waals surface area contributed by atoms with Crippen LogP contribution in [0.25, 0.3) is 0 Å². The van der Waals surface area contributed by atoms with Crippen molar-refractivity contribution in [3.63, 3.8) is 0 Å².